The molecule has 76 valence electrons. The Hall–Kier alpha value is -0.480. The van der Waals surface area contributed by atoms with Gasteiger partial charge in [0.05, 0.1) is 17.4 Å². The van der Waals surface area contributed by atoms with E-state index >= 15 is 0 Å². The third-order valence-electron chi connectivity index (χ3n) is 2.35. The first-order valence-electron chi connectivity index (χ1n) is 4.28. The van der Waals surface area contributed by atoms with E-state index in [1.807, 2.05) is 0 Å². The zero-order chi connectivity index (χ0) is 10.2. The van der Waals surface area contributed by atoms with Crippen molar-refractivity contribution in [3.8, 4) is 0 Å². The number of furan rings is 1. The van der Waals surface area contributed by atoms with Gasteiger partial charge in [-0.15, -0.1) is 11.6 Å². The van der Waals surface area contributed by atoms with Crippen LogP contribution in [0.15, 0.2) is 21.4 Å². The van der Waals surface area contributed by atoms with Gasteiger partial charge in [0.1, 0.15) is 0 Å². The molecule has 0 saturated heterocycles. The number of hydrogen-bond acceptors (Lipinski definition) is 2. The standard InChI is InChI=1S/C9H9BrClNO2/c10-7-6(1-4-14-7)8(13)12-9(5-11)2-3-9/h1,4H,2-3,5H2,(H,12,13). The quantitative estimate of drug-likeness (QED) is 0.863. The van der Waals surface area contributed by atoms with Crippen molar-refractivity contribution in [1.82, 2.24) is 5.32 Å². The average Bonchev–Trinajstić information content (AvgIpc) is 2.80. The van der Waals surface area contributed by atoms with Gasteiger partial charge in [-0.25, -0.2) is 0 Å². The molecule has 1 saturated carbocycles. The predicted octanol–water partition coefficient (Wildman–Crippen LogP) is 2.54. The first-order valence-corrected chi connectivity index (χ1v) is 5.61. The molecular formula is C9H9BrClNO2. The van der Waals surface area contributed by atoms with Crippen LogP contribution in [0.25, 0.3) is 0 Å². The highest BCUT2D eigenvalue weighted by Gasteiger charge is 2.43. The molecule has 1 fully saturated rings. The average molecular weight is 279 g/mol. The van der Waals surface area contributed by atoms with E-state index in [1.165, 1.54) is 6.26 Å². The fraction of sp³-hybridized carbons (Fsp3) is 0.444. The third kappa shape index (κ3) is 1.81. The summed E-state index contributed by atoms with van der Waals surface area (Å²) in [6.07, 6.45) is 3.38. The second-order valence-electron chi connectivity index (χ2n) is 3.48. The van der Waals surface area contributed by atoms with E-state index in [9.17, 15) is 4.79 Å². The van der Waals surface area contributed by atoms with Gasteiger partial charge in [0.25, 0.3) is 5.91 Å². The van der Waals surface area contributed by atoms with Crippen molar-refractivity contribution in [2.45, 2.75) is 18.4 Å². The molecule has 1 aromatic rings. The highest BCUT2D eigenvalue weighted by Crippen LogP contribution is 2.36. The number of nitrogens with one attached hydrogen (secondary N) is 1. The Kier molecular flexibility index (Phi) is 2.58. The molecule has 1 aromatic heterocycles. The third-order valence-corrected chi connectivity index (χ3v) is 3.48. The molecule has 1 aliphatic rings. The van der Waals surface area contributed by atoms with Gasteiger partial charge < -0.3 is 9.73 Å². The van der Waals surface area contributed by atoms with Crippen LogP contribution in [0.2, 0.25) is 0 Å². The molecule has 0 unspecified atom stereocenters. The van der Waals surface area contributed by atoms with Crippen LogP contribution in [-0.4, -0.2) is 17.3 Å². The van der Waals surface area contributed by atoms with Gasteiger partial charge >= 0.3 is 0 Å². The summed E-state index contributed by atoms with van der Waals surface area (Å²) in [5.41, 5.74) is 0.344. The first kappa shape index (κ1) is 10.1. The van der Waals surface area contributed by atoms with Crippen molar-refractivity contribution in [3.05, 3.63) is 22.6 Å². The molecule has 0 aromatic carbocycles. The Labute approximate surface area is 94.9 Å². The van der Waals surface area contributed by atoms with Crippen LogP contribution in [0.4, 0.5) is 0 Å². The van der Waals surface area contributed by atoms with Gasteiger partial charge in [0.2, 0.25) is 0 Å². The fourth-order valence-electron chi connectivity index (χ4n) is 1.21. The number of carbonyl (C=O) groups is 1. The van der Waals surface area contributed by atoms with Crippen molar-refractivity contribution >= 4 is 33.4 Å². The minimum atomic E-state index is -0.171. The molecule has 0 atom stereocenters. The number of alkyl halides is 1. The van der Waals surface area contributed by atoms with Gasteiger partial charge in [0, 0.05) is 5.88 Å². The van der Waals surface area contributed by atoms with Crippen LogP contribution < -0.4 is 5.32 Å². The highest BCUT2D eigenvalue weighted by molar-refractivity contribution is 9.10. The Morgan fingerprint density at radius 2 is 2.43 bits per heavy atom. The second-order valence-corrected chi connectivity index (χ2v) is 4.46. The summed E-state index contributed by atoms with van der Waals surface area (Å²) in [5, 5.41) is 2.90. The van der Waals surface area contributed by atoms with Crippen molar-refractivity contribution in [1.29, 1.82) is 0 Å². The molecule has 1 heterocycles. The molecule has 1 amide bonds. The minimum Gasteiger partial charge on any atom is -0.457 e. The molecule has 5 heteroatoms. The van der Waals surface area contributed by atoms with Gasteiger partial charge in [-0.3, -0.25) is 4.79 Å². The van der Waals surface area contributed by atoms with E-state index in [2.05, 4.69) is 21.2 Å². The molecule has 0 bridgehead atoms. The Morgan fingerprint density at radius 1 is 1.71 bits per heavy atom. The smallest absolute Gasteiger partial charge is 0.256 e. The van der Waals surface area contributed by atoms with Crippen LogP contribution >= 0.6 is 27.5 Å². The number of amides is 1. The number of halogens is 2. The summed E-state index contributed by atoms with van der Waals surface area (Å²) in [6.45, 7) is 0. The molecule has 0 aliphatic heterocycles. The van der Waals surface area contributed by atoms with Gasteiger partial charge in [-0.05, 0) is 34.8 Å². The lowest BCUT2D eigenvalue weighted by molar-refractivity contribution is 0.0934. The topological polar surface area (TPSA) is 42.2 Å². The van der Waals surface area contributed by atoms with E-state index in [4.69, 9.17) is 16.0 Å². The number of hydrogen-bond donors (Lipinski definition) is 1. The lowest BCUT2D eigenvalue weighted by atomic mass is 10.2. The predicted molar refractivity (Wildman–Crippen MR) is 56.6 cm³/mol. The summed E-state index contributed by atoms with van der Waals surface area (Å²) < 4.78 is 5.44. The van der Waals surface area contributed by atoms with Crippen LogP contribution in [0.1, 0.15) is 23.2 Å². The van der Waals surface area contributed by atoms with Crippen molar-refractivity contribution in [2.75, 3.05) is 5.88 Å². The lowest BCUT2D eigenvalue weighted by Crippen LogP contribution is -2.38. The van der Waals surface area contributed by atoms with Gasteiger partial charge in [-0.1, -0.05) is 0 Å². The fourth-order valence-corrected chi connectivity index (χ4v) is 1.96. The molecular weight excluding hydrogens is 269 g/mol. The lowest BCUT2D eigenvalue weighted by Gasteiger charge is -2.12. The van der Waals surface area contributed by atoms with Crippen LogP contribution in [0, 0.1) is 0 Å². The van der Waals surface area contributed by atoms with E-state index in [0.29, 0.717) is 16.1 Å². The summed E-state index contributed by atoms with van der Waals surface area (Å²) in [4.78, 5) is 11.7. The summed E-state index contributed by atoms with van der Waals surface area (Å²) in [7, 11) is 0. The molecule has 3 nitrogen and oxygen atoms in total. The maximum absolute atomic E-state index is 11.7. The van der Waals surface area contributed by atoms with E-state index < -0.39 is 0 Å². The largest absolute Gasteiger partial charge is 0.457 e. The van der Waals surface area contributed by atoms with E-state index in [-0.39, 0.29) is 11.4 Å². The zero-order valence-corrected chi connectivity index (χ0v) is 9.69. The van der Waals surface area contributed by atoms with E-state index in [0.717, 1.165) is 12.8 Å². The van der Waals surface area contributed by atoms with Crippen LogP contribution in [-0.2, 0) is 0 Å². The summed E-state index contributed by atoms with van der Waals surface area (Å²) in [5.74, 6) is 0.331. The number of rotatable bonds is 3. The summed E-state index contributed by atoms with van der Waals surface area (Å²) >= 11 is 8.91. The zero-order valence-electron chi connectivity index (χ0n) is 7.35. The SMILES string of the molecule is O=C(NC1(CCl)CC1)c1ccoc1Br. The molecule has 14 heavy (non-hydrogen) atoms. The monoisotopic (exact) mass is 277 g/mol. The second kappa shape index (κ2) is 3.59. The maximum Gasteiger partial charge on any atom is 0.256 e. The van der Waals surface area contributed by atoms with Crippen LogP contribution in [0.5, 0.6) is 0 Å². The van der Waals surface area contributed by atoms with Gasteiger partial charge in [0.15, 0.2) is 4.67 Å². The van der Waals surface area contributed by atoms with Crippen molar-refractivity contribution < 1.29 is 9.21 Å². The number of carbonyl (C=O) groups excluding carboxylic acids is 1. The minimum absolute atomic E-state index is 0.135. The Bertz CT molecular complexity index is 359. The molecule has 0 spiro atoms. The van der Waals surface area contributed by atoms with Gasteiger partial charge in [-0.2, -0.15) is 0 Å². The molecule has 0 radical (unpaired) electrons. The maximum atomic E-state index is 11.7. The van der Waals surface area contributed by atoms with Crippen LogP contribution in [0.3, 0.4) is 0 Å². The molecule has 2 rings (SSSR count). The Morgan fingerprint density at radius 3 is 2.86 bits per heavy atom. The summed E-state index contributed by atoms with van der Waals surface area (Å²) in [6, 6.07) is 1.63. The first-order chi connectivity index (χ1) is 6.67. The van der Waals surface area contributed by atoms with Crippen molar-refractivity contribution in [2.24, 2.45) is 0 Å². The molecule has 1 aliphatic carbocycles. The highest BCUT2D eigenvalue weighted by atomic mass is 79.9. The normalized spacial score (nSPS) is 17.9. The molecule has 1 N–H and O–H groups in total. The van der Waals surface area contributed by atoms with E-state index in [1.54, 1.807) is 6.07 Å². The van der Waals surface area contributed by atoms with Crippen molar-refractivity contribution in [3.63, 3.8) is 0 Å². The Balaban J connectivity index is 2.07.